The summed E-state index contributed by atoms with van der Waals surface area (Å²) >= 11 is 0. The second-order valence-corrected chi connectivity index (χ2v) is 5.23. The van der Waals surface area contributed by atoms with Crippen LogP contribution < -0.4 is 14.8 Å². The fourth-order valence-corrected chi connectivity index (χ4v) is 2.56. The first-order valence-electron chi connectivity index (χ1n) is 7.55. The summed E-state index contributed by atoms with van der Waals surface area (Å²) in [6.45, 7) is 5.77. The van der Waals surface area contributed by atoms with Gasteiger partial charge in [0.2, 0.25) is 11.7 Å². The molecule has 1 aromatic rings. The number of benzene rings is 1. The third-order valence-electron chi connectivity index (χ3n) is 3.78. The zero-order valence-electron chi connectivity index (χ0n) is 13.7. The molecule has 122 valence electrons. The van der Waals surface area contributed by atoms with E-state index in [1.54, 1.807) is 18.2 Å². The highest BCUT2D eigenvalue weighted by Crippen LogP contribution is 2.39. The number of unbranched alkanes of at least 4 members (excludes halogenated alkanes) is 1. The zero-order valence-corrected chi connectivity index (χ0v) is 13.7. The lowest BCUT2D eigenvalue weighted by Gasteiger charge is -2.10. The van der Waals surface area contributed by atoms with E-state index < -0.39 is 0 Å². The Balaban J connectivity index is 2.42. The maximum absolute atomic E-state index is 12.6. The van der Waals surface area contributed by atoms with Crippen molar-refractivity contribution < 1.29 is 19.1 Å². The van der Waals surface area contributed by atoms with E-state index in [0.29, 0.717) is 34.6 Å². The number of methoxy groups -OCH3 is 2. The molecule has 1 aliphatic carbocycles. The number of hydrogen-bond donors (Lipinski definition) is 1. The fourth-order valence-electron chi connectivity index (χ4n) is 2.56. The summed E-state index contributed by atoms with van der Waals surface area (Å²) in [5.74, 6) is 0.598. The molecule has 0 aliphatic heterocycles. The van der Waals surface area contributed by atoms with Crippen LogP contribution in [0.2, 0.25) is 0 Å². The monoisotopic (exact) mass is 315 g/mol. The van der Waals surface area contributed by atoms with Gasteiger partial charge in [-0.3, -0.25) is 9.59 Å². The van der Waals surface area contributed by atoms with Gasteiger partial charge in [-0.15, -0.1) is 0 Å². The van der Waals surface area contributed by atoms with Crippen LogP contribution in [0.1, 0.15) is 42.1 Å². The summed E-state index contributed by atoms with van der Waals surface area (Å²) in [4.78, 5) is 24.6. The number of ether oxygens (including phenoxy) is 2. The van der Waals surface area contributed by atoms with Crippen molar-refractivity contribution in [2.45, 2.75) is 26.2 Å². The van der Waals surface area contributed by atoms with Crippen molar-refractivity contribution in [3.8, 4) is 11.5 Å². The molecule has 1 amide bonds. The molecule has 0 saturated carbocycles. The maximum atomic E-state index is 12.6. The number of ketones is 1. The molecule has 0 heterocycles. The van der Waals surface area contributed by atoms with E-state index >= 15 is 0 Å². The van der Waals surface area contributed by atoms with E-state index in [0.717, 1.165) is 12.8 Å². The minimum absolute atomic E-state index is 0.165. The van der Waals surface area contributed by atoms with E-state index in [4.69, 9.17) is 9.47 Å². The number of allylic oxidation sites excluding steroid dienone is 3. The van der Waals surface area contributed by atoms with Gasteiger partial charge in [0.05, 0.1) is 19.9 Å². The van der Waals surface area contributed by atoms with Crippen molar-refractivity contribution >= 4 is 17.3 Å². The summed E-state index contributed by atoms with van der Waals surface area (Å²) in [7, 11) is 3.05. The second kappa shape index (κ2) is 7.13. The summed E-state index contributed by atoms with van der Waals surface area (Å²) in [6, 6.07) is 3.36. The summed E-state index contributed by atoms with van der Waals surface area (Å²) in [6.07, 6.45) is 3.67. The molecule has 0 unspecified atom stereocenters. The van der Waals surface area contributed by atoms with Crippen LogP contribution >= 0.6 is 0 Å². The average molecular weight is 315 g/mol. The van der Waals surface area contributed by atoms with Gasteiger partial charge < -0.3 is 14.8 Å². The Morgan fingerprint density at radius 1 is 1.22 bits per heavy atom. The number of nitrogens with one attached hydrogen (secondary N) is 1. The van der Waals surface area contributed by atoms with Crippen molar-refractivity contribution in [3.05, 3.63) is 41.6 Å². The summed E-state index contributed by atoms with van der Waals surface area (Å²) < 4.78 is 10.5. The molecule has 23 heavy (non-hydrogen) atoms. The highest BCUT2D eigenvalue weighted by Gasteiger charge is 2.31. The first kappa shape index (κ1) is 16.8. The zero-order chi connectivity index (χ0) is 17.0. The molecule has 0 radical (unpaired) electrons. The molecule has 1 N–H and O–H groups in total. The minimum atomic E-state index is -0.235. The lowest BCUT2D eigenvalue weighted by molar-refractivity contribution is -0.120. The lowest BCUT2D eigenvalue weighted by atomic mass is 10.0. The molecule has 0 bridgehead atoms. The van der Waals surface area contributed by atoms with Gasteiger partial charge in [-0.1, -0.05) is 26.0 Å². The van der Waals surface area contributed by atoms with E-state index in [-0.39, 0.29) is 17.4 Å². The van der Waals surface area contributed by atoms with Crippen molar-refractivity contribution in [1.29, 1.82) is 0 Å². The molecule has 2 rings (SSSR count). The summed E-state index contributed by atoms with van der Waals surface area (Å²) in [5, 5.41) is 2.72. The Hall–Kier alpha value is -2.56. The van der Waals surface area contributed by atoms with Gasteiger partial charge in [0.15, 0.2) is 11.5 Å². The maximum Gasteiger partial charge on any atom is 0.224 e. The van der Waals surface area contributed by atoms with Gasteiger partial charge in [-0.2, -0.15) is 0 Å². The largest absolute Gasteiger partial charge is 0.493 e. The number of fused-ring (bicyclic) bond motifs is 1. The van der Waals surface area contributed by atoms with Gasteiger partial charge in [-0.25, -0.2) is 0 Å². The molecule has 1 aliphatic rings. The first-order valence-corrected chi connectivity index (χ1v) is 7.55. The smallest absolute Gasteiger partial charge is 0.224 e. The predicted molar refractivity (Wildman–Crippen MR) is 88.7 cm³/mol. The normalized spacial score (nSPS) is 12.9. The van der Waals surface area contributed by atoms with E-state index in [2.05, 4.69) is 11.9 Å². The number of rotatable bonds is 7. The van der Waals surface area contributed by atoms with Crippen LogP contribution in [-0.2, 0) is 4.79 Å². The summed E-state index contributed by atoms with van der Waals surface area (Å²) in [5.41, 5.74) is 2.04. The number of carbonyl (C=O) groups is 2. The molecular weight excluding hydrogens is 294 g/mol. The van der Waals surface area contributed by atoms with Crippen LogP contribution in [0.4, 0.5) is 0 Å². The molecule has 0 aromatic heterocycles. The molecular formula is C18H21NO4. The second-order valence-electron chi connectivity index (χ2n) is 5.23. The van der Waals surface area contributed by atoms with Crippen LogP contribution in [0.3, 0.4) is 0 Å². The number of carbonyl (C=O) groups excluding carboxylic acids is 2. The fraction of sp³-hybridized carbons (Fsp3) is 0.333. The highest BCUT2D eigenvalue weighted by atomic mass is 16.5. The quantitative estimate of drug-likeness (QED) is 0.839. The molecule has 0 spiro atoms. The van der Waals surface area contributed by atoms with Crippen molar-refractivity contribution in [3.63, 3.8) is 0 Å². The van der Waals surface area contributed by atoms with Gasteiger partial charge in [0.25, 0.3) is 0 Å². The Morgan fingerprint density at radius 3 is 2.35 bits per heavy atom. The van der Waals surface area contributed by atoms with Crippen LogP contribution in [0.15, 0.2) is 30.5 Å². The average Bonchev–Trinajstić information content (AvgIpc) is 2.82. The van der Waals surface area contributed by atoms with Crippen LogP contribution in [0, 0.1) is 0 Å². The van der Waals surface area contributed by atoms with Gasteiger partial charge in [0, 0.05) is 17.6 Å². The molecule has 1 aromatic carbocycles. The highest BCUT2D eigenvalue weighted by molar-refractivity contribution is 6.23. The number of hydrogen-bond acceptors (Lipinski definition) is 4. The van der Waals surface area contributed by atoms with Crippen molar-refractivity contribution in [1.82, 2.24) is 5.32 Å². The third kappa shape index (κ3) is 3.13. The standard InChI is InChI=1S/C18H21NO4/c1-5-7-8-16(20)19-17-11(6-2)12-9-14(22-3)15(23-4)10-13(12)18(17)21/h6,9-10H,2,5,7-8H2,1,3-4H3,(H,19,20,21). The van der Waals surface area contributed by atoms with E-state index in [1.165, 1.54) is 14.2 Å². The Bertz CT molecular complexity index is 689. The van der Waals surface area contributed by atoms with Gasteiger partial charge in [0.1, 0.15) is 0 Å². The van der Waals surface area contributed by atoms with Gasteiger partial charge >= 0.3 is 0 Å². The van der Waals surface area contributed by atoms with E-state index in [1.807, 2.05) is 6.92 Å². The number of Topliss-reactive ketones (excluding diaryl/α,β-unsaturated/α-hetero) is 1. The molecule has 0 fully saturated rings. The Morgan fingerprint density at radius 2 is 1.83 bits per heavy atom. The molecule has 0 atom stereocenters. The first-order chi connectivity index (χ1) is 11.1. The Labute approximate surface area is 136 Å². The SMILES string of the molecule is C=CC1=C(NC(=O)CCCC)C(=O)c2cc(OC)c(OC)cc21. The van der Waals surface area contributed by atoms with E-state index in [9.17, 15) is 9.59 Å². The Kier molecular flexibility index (Phi) is 5.21. The molecule has 5 nitrogen and oxygen atoms in total. The molecule has 5 heteroatoms. The minimum Gasteiger partial charge on any atom is -0.493 e. The number of amides is 1. The van der Waals surface area contributed by atoms with Gasteiger partial charge in [-0.05, 0) is 24.1 Å². The molecule has 0 saturated heterocycles. The van der Waals surface area contributed by atoms with Crippen molar-refractivity contribution in [2.75, 3.05) is 14.2 Å². The van der Waals surface area contributed by atoms with Crippen LogP contribution in [0.25, 0.3) is 5.57 Å². The van der Waals surface area contributed by atoms with Crippen LogP contribution in [-0.4, -0.2) is 25.9 Å². The van der Waals surface area contributed by atoms with Crippen LogP contribution in [0.5, 0.6) is 11.5 Å². The third-order valence-corrected chi connectivity index (χ3v) is 3.78. The van der Waals surface area contributed by atoms with Crippen molar-refractivity contribution in [2.24, 2.45) is 0 Å². The predicted octanol–water partition coefficient (Wildman–Crippen LogP) is 3.10. The lowest BCUT2D eigenvalue weighted by Crippen LogP contribution is -2.26. The topological polar surface area (TPSA) is 64.6 Å².